The summed E-state index contributed by atoms with van der Waals surface area (Å²) >= 11 is 0. The molecule has 6 heteroatoms. The van der Waals surface area contributed by atoms with Gasteiger partial charge in [0.05, 0.1) is 0 Å². The summed E-state index contributed by atoms with van der Waals surface area (Å²) in [6.45, 7) is 1.41. The molecule has 1 amide bonds. The van der Waals surface area contributed by atoms with Crippen molar-refractivity contribution >= 4 is 5.91 Å². The van der Waals surface area contributed by atoms with Crippen molar-refractivity contribution in [3.05, 3.63) is 78.4 Å². The van der Waals surface area contributed by atoms with Crippen LogP contribution in [0.25, 0.3) is 0 Å². The Morgan fingerprint density at radius 3 is 2.38 bits per heavy atom. The molecule has 0 heterocycles. The quantitative estimate of drug-likeness (QED) is 0.657. The van der Waals surface area contributed by atoms with E-state index in [1.807, 2.05) is 42.5 Å². The first kappa shape index (κ1) is 19.6. The fourth-order valence-corrected chi connectivity index (χ4v) is 2.46. The van der Waals surface area contributed by atoms with Gasteiger partial charge < -0.3 is 9.64 Å². The molecule has 138 valence electrons. The third kappa shape index (κ3) is 6.27. The highest BCUT2D eigenvalue weighted by molar-refractivity contribution is 5.78. The molecule has 0 fully saturated rings. The molecule has 2 aromatic carbocycles. The van der Waals surface area contributed by atoms with Gasteiger partial charge in [0.2, 0.25) is 0 Å². The van der Waals surface area contributed by atoms with E-state index in [1.54, 1.807) is 12.1 Å². The zero-order valence-corrected chi connectivity index (χ0v) is 14.2. The van der Waals surface area contributed by atoms with Crippen molar-refractivity contribution in [3.8, 4) is 5.75 Å². The molecule has 26 heavy (non-hydrogen) atoms. The van der Waals surface area contributed by atoms with Crippen LogP contribution in [-0.2, 0) is 11.2 Å². The van der Waals surface area contributed by atoms with Crippen molar-refractivity contribution < 1.29 is 22.7 Å². The number of carbonyl (C=O) groups is 1. The smallest absolute Gasteiger partial charge is 0.406 e. The van der Waals surface area contributed by atoms with E-state index in [0.29, 0.717) is 17.1 Å². The lowest BCUT2D eigenvalue weighted by atomic mass is 10.0. The number of carbonyl (C=O) groups excluding carboxylic acids is 1. The van der Waals surface area contributed by atoms with E-state index in [0.717, 1.165) is 11.1 Å². The summed E-state index contributed by atoms with van der Waals surface area (Å²) in [6.07, 6.45) is -2.61. The van der Waals surface area contributed by atoms with Crippen LogP contribution in [0.1, 0.15) is 11.1 Å². The van der Waals surface area contributed by atoms with Crippen LogP contribution in [0.2, 0.25) is 0 Å². The summed E-state index contributed by atoms with van der Waals surface area (Å²) in [5.41, 5.74) is 1.93. The minimum absolute atomic E-state index is 0.187. The van der Waals surface area contributed by atoms with Gasteiger partial charge in [0.1, 0.15) is 12.3 Å². The van der Waals surface area contributed by atoms with E-state index in [9.17, 15) is 18.0 Å². The normalized spacial score (nSPS) is 11.0. The summed E-state index contributed by atoms with van der Waals surface area (Å²) in [5, 5.41) is 0. The fraction of sp³-hybridized carbons (Fsp3) is 0.250. The van der Waals surface area contributed by atoms with Crippen LogP contribution in [0.4, 0.5) is 13.2 Å². The molecule has 3 nitrogen and oxygen atoms in total. The number of benzene rings is 2. The molecule has 2 aromatic rings. The minimum atomic E-state index is -4.47. The zero-order valence-electron chi connectivity index (χ0n) is 14.2. The molecule has 2 rings (SSSR count). The highest BCUT2D eigenvalue weighted by atomic mass is 19.4. The Morgan fingerprint density at radius 2 is 1.73 bits per heavy atom. The summed E-state index contributed by atoms with van der Waals surface area (Å²) < 4.78 is 43.3. The van der Waals surface area contributed by atoms with E-state index >= 15 is 0 Å². The topological polar surface area (TPSA) is 29.5 Å². The average Bonchev–Trinajstić information content (AvgIpc) is 2.60. The van der Waals surface area contributed by atoms with Crippen LogP contribution in [0.3, 0.4) is 0 Å². The standard InChI is InChI=1S/C20H20F3NO2/c1-2-12-24(15-20(21,22)23)19(25)14-26-18-11-7-6-10-17(18)13-16-8-4-3-5-9-16/h2-11H,1,12-15H2. The van der Waals surface area contributed by atoms with E-state index in [1.165, 1.54) is 6.08 Å². The predicted octanol–water partition coefficient (Wildman–Crippen LogP) is 4.23. The Balaban J connectivity index is 2.04. The molecule has 0 saturated carbocycles. The number of amides is 1. The van der Waals surface area contributed by atoms with Gasteiger partial charge in [0.15, 0.2) is 6.61 Å². The zero-order chi connectivity index (χ0) is 19.0. The molecule has 0 N–H and O–H groups in total. The molecule has 0 bridgehead atoms. The average molecular weight is 363 g/mol. The minimum Gasteiger partial charge on any atom is -0.483 e. The molecule has 0 spiro atoms. The predicted molar refractivity (Wildman–Crippen MR) is 94.0 cm³/mol. The van der Waals surface area contributed by atoms with E-state index in [2.05, 4.69) is 6.58 Å². The third-order valence-corrected chi connectivity index (χ3v) is 3.63. The molecule has 0 atom stereocenters. The third-order valence-electron chi connectivity index (χ3n) is 3.63. The van der Waals surface area contributed by atoms with Gasteiger partial charge in [-0.25, -0.2) is 0 Å². The summed E-state index contributed by atoms with van der Waals surface area (Å²) in [7, 11) is 0. The second kappa shape index (κ2) is 9.08. The number of rotatable bonds is 8. The number of nitrogens with zero attached hydrogens (tertiary/aromatic N) is 1. The lowest BCUT2D eigenvalue weighted by Crippen LogP contribution is -2.41. The van der Waals surface area contributed by atoms with Crippen molar-refractivity contribution in [1.29, 1.82) is 0 Å². The highest BCUT2D eigenvalue weighted by Crippen LogP contribution is 2.22. The first-order valence-electron chi connectivity index (χ1n) is 8.09. The van der Waals surface area contributed by atoms with Gasteiger partial charge in [-0.05, 0) is 17.2 Å². The van der Waals surface area contributed by atoms with Gasteiger partial charge in [-0.2, -0.15) is 13.2 Å². The van der Waals surface area contributed by atoms with Crippen LogP contribution in [0.15, 0.2) is 67.3 Å². The van der Waals surface area contributed by atoms with Crippen LogP contribution in [0, 0.1) is 0 Å². The Bertz CT molecular complexity index is 729. The summed E-state index contributed by atoms with van der Waals surface area (Å²) in [6, 6.07) is 16.9. The first-order chi connectivity index (χ1) is 12.4. The largest absolute Gasteiger partial charge is 0.483 e. The van der Waals surface area contributed by atoms with Crippen LogP contribution < -0.4 is 4.74 Å². The lowest BCUT2D eigenvalue weighted by Gasteiger charge is -2.23. The lowest BCUT2D eigenvalue weighted by molar-refractivity contribution is -0.161. The SMILES string of the molecule is C=CCN(CC(F)(F)F)C(=O)COc1ccccc1Cc1ccccc1. The molecule has 0 aromatic heterocycles. The van der Waals surface area contributed by atoms with Gasteiger partial charge in [-0.15, -0.1) is 6.58 Å². The maximum absolute atomic E-state index is 12.6. The van der Waals surface area contributed by atoms with E-state index < -0.39 is 25.2 Å². The number of hydrogen-bond donors (Lipinski definition) is 0. The Labute approximate surface area is 150 Å². The molecule has 0 aliphatic carbocycles. The molecule has 0 saturated heterocycles. The van der Waals surface area contributed by atoms with E-state index in [4.69, 9.17) is 4.74 Å². The van der Waals surface area contributed by atoms with Crippen molar-refractivity contribution in [3.63, 3.8) is 0 Å². The van der Waals surface area contributed by atoms with Crippen molar-refractivity contribution in [2.24, 2.45) is 0 Å². The van der Waals surface area contributed by atoms with E-state index in [-0.39, 0.29) is 6.54 Å². The Hall–Kier alpha value is -2.76. The van der Waals surface area contributed by atoms with Crippen molar-refractivity contribution in [1.82, 2.24) is 4.90 Å². The number of hydrogen-bond acceptors (Lipinski definition) is 2. The summed E-state index contributed by atoms with van der Waals surface area (Å²) in [5.74, 6) is -0.257. The van der Waals surface area contributed by atoms with Gasteiger partial charge in [-0.1, -0.05) is 54.6 Å². The number of ether oxygens (including phenoxy) is 1. The second-order valence-corrected chi connectivity index (χ2v) is 5.74. The first-order valence-corrected chi connectivity index (χ1v) is 8.09. The second-order valence-electron chi connectivity index (χ2n) is 5.74. The molecule has 0 radical (unpaired) electrons. The molecular formula is C20H20F3NO2. The Morgan fingerprint density at radius 1 is 1.08 bits per heavy atom. The van der Waals surface area contributed by atoms with Gasteiger partial charge in [0.25, 0.3) is 5.91 Å². The molecule has 0 aliphatic heterocycles. The number of alkyl halides is 3. The highest BCUT2D eigenvalue weighted by Gasteiger charge is 2.32. The Kier molecular flexibility index (Phi) is 6.83. The summed E-state index contributed by atoms with van der Waals surface area (Å²) in [4.78, 5) is 12.8. The fourth-order valence-electron chi connectivity index (χ4n) is 2.46. The molecular weight excluding hydrogens is 343 g/mol. The van der Waals surface area contributed by atoms with Gasteiger partial charge in [-0.3, -0.25) is 4.79 Å². The monoisotopic (exact) mass is 363 g/mol. The van der Waals surface area contributed by atoms with Gasteiger partial charge in [0, 0.05) is 13.0 Å². The number of para-hydroxylation sites is 1. The molecule has 0 unspecified atom stereocenters. The maximum atomic E-state index is 12.6. The molecule has 0 aliphatic rings. The van der Waals surface area contributed by atoms with Gasteiger partial charge >= 0.3 is 6.18 Å². The van der Waals surface area contributed by atoms with Crippen molar-refractivity contribution in [2.45, 2.75) is 12.6 Å². The van der Waals surface area contributed by atoms with Crippen LogP contribution >= 0.6 is 0 Å². The van der Waals surface area contributed by atoms with Crippen molar-refractivity contribution in [2.75, 3.05) is 19.7 Å². The maximum Gasteiger partial charge on any atom is 0.406 e. The van der Waals surface area contributed by atoms with Crippen LogP contribution in [0.5, 0.6) is 5.75 Å². The number of halogens is 3. The van der Waals surface area contributed by atoms with Crippen LogP contribution in [-0.4, -0.2) is 36.7 Å².